The average Bonchev–Trinajstić information content (AvgIpc) is 3.04. The zero-order valence-corrected chi connectivity index (χ0v) is 18.6. The van der Waals surface area contributed by atoms with Crippen molar-refractivity contribution in [2.75, 3.05) is 0 Å². The Balaban J connectivity index is 1.54. The lowest BCUT2D eigenvalue weighted by atomic mass is 9.82. The number of fused-ring (bicyclic) bond motifs is 4. The summed E-state index contributed by atoms with van der Waals surface area (Å²) in [6, 6.07) is 29.5. The lowest BCUT2D eigenvalue weighted by Crippen LogP contribution is -2.14. The van der Waals surface area contributed by atoms with E-state index in [1.165, 1.54) is 33.0 Å². The molecule has 0 atom stereocenters. The Morgan fingerprint density at radius 2 is 1.22 bits per heavy atom. The van der Waals surface area contributed by atoms with Gasteiger partial charge >= 0.3 is 0 Å². The Morgan fingerprint density at radius 3 is 1.97 bits per heavy atom. The summed E-state index contributed by atoms with van der Waals surface area (Å²) >= 11 is 6.30. The molecule has 1 aliphatic carbocycles. The molecule has 0 bridgehead atoms. The van der Waals surface area contributed by atoms with Crippen molar-refractivity contribution in [3.8, 4) is 33.9 Å². The van der Waals surface area contributed by atoms with Crippen LogP contribution in [0.25, 0.3) is 44.7 Å². The first-order valence-electron chi connectivity index (χ1n) is 10.7. The van der Waals surface area contributed by atoms with Crippen molar-refractivity contribution in [2.24, 2.45) is 0 Å². The van der Waals surface area contributed by atoms with Crippen LogP contribution in [0.3, 0.4) is 0 Å². The van der Waals surface area contributed by atoms with Gasteiger partial charge in [0.2, 0.25) is 5.28 Å². The molecule has 4 aromatic carbocycles. The van der Waals surface area contributed by atoms with Crippen LogP contribution in [0, 0.1) is 0 Å². The molecule has 0 unspecified atom stereocenters. The first-order chi connectivity index (χ1) is 15.5. The molecule has 0 N–H and O–H groups in total. The van der Waals surface area contributed by atoms with Gasteiger partial charge < -0.3 is 0 Å². The molecule has 0 spiro atoms. The summed E-state index contributed by atoms with van der Waals surface area (Å²) in [5, 5.41) is 2.71. The predicted molar refractivity (Wildman–Crippen MR) is 131 cm³/mol. The monoisotopic (exact) mass is 433 g/mol. The van der Waals surface area contributed by atoms with Gasteiger partial charge in [-0.3, -0.25) is 0 Å². The predicted octanol–water partition coefficient (Wildman–Crippen LogP) is 7.32. The van der Waals surface area contributed by atoms with Crippen LogP contribution in [0.4, 0.5) is 0 Å². The highest BCUT2D eigenvalue weighted by atomic mass is 35.5. The molecule has 0 fully saturated rings. The molecular weight excluding hydrogens is 414 g/mol. The number of rotatable bonds is 2. The number of benzene rings is 4. The zero-order valence-electron chi connectivity index (χ0n) is 17.8. The van der Waals surface area contributed by atoms with E-state index in [-0.39, 0.29) is 10.7 Å². The van der Waals surface area contributed by atoms with E-state index in [0.29, 0.717) is 11.6 Å². The van der Waals surface area contributed by atoms with E-state index in [4.69, 9.17) is 16.6 Å². The van der Waals surface area contributed by atoms with Crippen LogP contribution in [0.1, 0.15) is 25.0 Å². The number of aromatic nitrogens is 3. The molecule has 0 radical (unpaired) electrons. The topological polar surface area (TPSA) is 38.7 Å². The summed E-state index contributed by atoms with van der Waals surface area (Å²) in [6.45, 7) is 4.58. The molecular formula is C28H20ClN3. The maximum Gasteiger partial charge on any atom is 0.226 e. The SMILES string of the molecule is CC1(C)c2ccc(-c3nc(Cl)nc(-c4ccccc4)n3)cc2-c2cc3ccccc3cc21. The van der Waals surface area contributed by atoms with E-state index in [0.717, 1.165) is 11.1 Å². The van der Waals surface area contributed by atoms with Crippen LogP contribution < -0.4 is 0 Å². The maximum absolute atomic E-state index is 6.30. The molecule has 5 aromatic rings. The Morgan fingerprint density at radius 1 is 0.594 bits per heavy atom. The van der Waals surface area contributed by atoms with Crippen molar-refractivity contribution in [3.63, 3.8) is 0 Å². The summed E-state index contributed by atoms with van der Waals surface area (Å²) in [7, 11) is 0. The Bertz CT molecular complexity index is 1510. The van der Waals surface area contributed by atoms with Gasteiger partial charge in [-0.25, -0.2) is 4.98 Å². The number of hydrogen-bond acceptors (Lipinski definition) is 3. The molecule has 32 heavy (non-hydrogen) atoms. The van der Waals surface area contributed by atoms with Gasteiger partial charge in [0, 0.05) is 16.5 Å². The normalized spacial score (nSPS) is 13.7. The van der Waals surface area contributed by atoms with Gasteiger partial charge in [-0.2, -0.15) is 9.97 Å². The molecule has 154 valence electrons. The molecule has 1 aliphatic rings. The largest absolute Gasteiger partial charge is 0.226 e. The van der Waals surface area contributed by atoms with E-state index in [2.05, 4.69) is 78.4 Å². The third-order valence-electron chi connectivity index (χ3n) is 6.44. The van der Waals surface area contributed by atoms with E-state index in [1.807, 2.05) is 30.3 Å². The minimum Gasteiger partial charge on any atom is -0.208 e. The Kier molecular flexibility index (Phi) is 4.17. The minimum absolute atomic E-state index is 0.0703. The fourth-order valence-corrected chi connectivity index (χ4v) is 4.93. The molecule has 0 saturated heterocycles. The third kappa shape index (κ3) is 2.93. The number of halogens is 1. The summed E-state index contributed by atoms with van der Waals surface area (Å²) in [5.74, 6) is 1.16. The van der Waals surface area contributed by atoms with Gasteiger partial charge in [-0.1, -0.05) is 80.6 Å². The lowest BCUT2D eigenvalue weighted by molar-refractivity contribution is 0.661. The van der Waals surface area contributed by atoms with Crippen LogP contribution in [0.2, 0.25) is 5.28 Å². The van der Waals surface area contributed by atoms with E-state index in [1.54, 1.807) is 0 Å². The van der Waals surface area contributed by atoms with Gasteiger partial charge in [-0.05, 0) is 62.8 Å². The van der Waals surface area contributed by atoms with Crippen LogP contribution in [0.5, 0.6) is 0 Å². The minimum atomic E-state index is -0.0703. The van der Waals surface area contributed by atoms with Crippen molar-refractivity contribution in [3.05, 3.63) is 101 Å². The van der Waals surface area contributed by atoms with Crippen LogP contribution in [-0.2, 0) is 5.41 Å². The molecule has 3 nitrogen and oxygen atoms in total. The molecule has 1 heterocycles. The second-order valence-electron chi connectivity index (χ2n) is 8.75. The van der Waals surface area contributed by atoms with Crippen LogP contribution in [0.15, 0.2) is 84.9 Å². The molecule has 4 heteroatoms. The standard InChI is InChI=1S/C28H20ClN3/c1-28(2)23-13-12-20(26-30-25(31-27(29)32-26)17-8-4-3-5-9-17)15-21(23)22-14-18-10-6-7-11-19(18)16-24(22)28/h3-16H,1-2H3. The highest BCUT2D eigenvalue weighted by Gasteiger charge is 2.35. The average molecular weight is 434 g/mol. The van der Waals surface area contributed by atoms with Gasteiger partial charge in [0.05, 0.1) is 0 Å². The Labute approximate surface area is 191 Å². The second-order valence-corrected chi connectivity index (χ2v) is 9.09. The van der Waals surface area contributed by atoms with Crippen molar-refractivity contribution in [2.45, 2.75) is 19.3 Å². The molecule has 0 aliphatic heterocycles. The quantitative estimate of drug-likeness (QED) is 0.292. The maximum atomic E-state index is 6.30. The molecule has 1 aromatic heterocycles. The van der Waals surface area contributed by atoms with Gasteiger partial charge in [0.1, 0.15) is 0 Å². The van der Waals surface area contributed by atoms with E-state index in [9.17, 15) is 0 Å². The highest BCUT2D eigenvalue weighted by molar-refractivity contribution is 6.28. The first kappa shape index (κ1) is 19.1. The summed E-state index contributed by atoms with van der Waals surface area (Å²) in [6.07, 6.45) is 0. The second kappa shape index (κ2) is 6.98. The first-order valence-corrected chi connectivity index (χ1v) is 11.0. The van der Waals surface area contributed by atoms with Crippen LogP contribution in [-0.4, -0.2) is 15.0 Å². The van der Waals surface area contributed by atoms with Gasteiger partial charge in [-0.15, -0.1) is 0 Å². The zero-order chi connectivity index (χ0) is 21.9. The third-order valence-corrected chi connectivity index (χ3v) is 6.61. The van der Waals surface area contributed by atoms with Crippen molar-refractivity contribution >= 4 is 22.4 Å². The van der Waals surface area contributed by atoms with Crippen LogP contribution >= 0.6 is 11.6 Å². The smallest absolute Gasteiger partial charge is 0.208 e. The molecule has 0 amide bonds. The lowest BCUT2D eigenvalue weighted by Gasteiger charge is -2.21. The highest BCUT2D eigenvalue weighted by Crippen LogP contribution is 2.50. The van der Waals surface area contributed by atoms with Gasteiger partial charge in [0.15, 0.2) is 11.6 Å². The van der Waals surface area contributed by atoms with E-state index >= 15 is 0 Å². The number of hydrogen-bond donors (Lipinski definition) is 0. The summed E-state index contributed by atoms with van der Waals surface area (Å²) in [4.78, 5) is 13.5. The fraction of sp³-hybridized carbons (Fsp3) is 0.107. The Hall–Kier alpha value is -3.56. The van der Waals surface area contributed by atoms with E-state index < -0.39 is 0 Å². The number of nitrogens with zero attached hydrogens (tertiary/aromatic N) is 3. The molecule has 6 rings (SSSR count). The molecule has 0 saturated carbocycles. The van der Waals surface area contributed by atoms with Gasteiger partial charge in [0.25, 0.3) is 0 Å². The van der Waals surface area contributed by atoms with Crippen molar-refractivity contribution in [1.82, 2.24) is 15.0 Å². The summed E-state index contributed by atoms with van der Waals surface area (Å²) < 4.78 is 0. The fourth-order valence-electron chi connectivity index (χ4n) is 4.77. The summed E-state index contributed by atoms with van der Waals surface area (Å²) in [5.41, 5.74) is 6.94. The van der Waals surface area contributed by atoms with Crippen molar-refractivity contribution < 1.29 is 0 Å². The van der Waals surface area contributed by atoms with Crippen molar-refractivity contribution in [1.29, 1.82) is 0 Å².